The lowest BCUT2D eigenvalue weighted by molar-refractivity contribution is 0.247. The fraction of sp³-hybridized carbons (Fsp3) is 0.333. The third-order valence-electron chi connectivity index (χ3n) is 1.90. The summed E-state index contributed by atoms with van der Waals surface area (Å²) >= 11 is 0. The van der Waals surface area contributed by atoms with Gasteiger partial charge >= 0.3 is 0 Å². The van der Waals surface area contributed by atoms with Crippen LogP contribution in [0, 0.1) is 6.92 Å². The van der Waals surface area contributed by atoms with Crippen molar-refractivity contribution in [3.8, 4) is 0 Å². The molecule has 1 aliphatic rings. The molecule has 0 aromatic heterocycles. The molecule has 64 valence electrons. The van der Waals surface area contributed by atoms with Crippen molar-refractivity contribution in [3.05, 3.63) is 35.4 Å². The molecule has 3 heteroatoms. The molecule has 2 nitrogen and oxygen atoms in total. The Balaban J connectivity index is 2.21. The lowest BCUT2D eigenvalue weighted by Gasteiger charge is -2.07. The molecule has 1 aliphatic heterocycles. The van der Waals surface area contributed by atoms with E-state index in [-0.39, 0.29) is 15.1 Å². The summed E-state index contributed by atoms with van der Waals surface area (Å²) in [6, 6.07) is 8.36. The molecule has 0 saturated carbocycles. The van der Waals surface area contributed by atoms with Crippen LogP contribution in [0.4, 0.5) is 0 Å². The minimum atomic E-state index is 0.156. The lowest BCUT2D eigenvalue weighted by atomic mass is 10.1. The maximum absolute atomic E-state index is 5.40. The molecule has 2 rings (SSSR count). The fourth-order valence-corrected chi connectivity index (χ4v) is 1.88. The van der Waals surface area contributed by atoms with Crippen LogP contribution in [0.5, 0.6) is 0 Å². The zero-order valence-electron chi connectivity index (χ0n) is 6.91. The summed E-state index contributed by atoms with van der Waals surface area (Å²) in [7, 11) is 0.211. The van der Waals surface area contributed by atoms with Crippen LogP contribution < -0.4 is 0 Å². The van der Waals surface area contributed by atoms with Crippen molar-refractivity contribution in [1.29, 1.82) is 0 Å². The Bertz CT molecular complexity index is 269. The van der Waals surface area contributed by atoms with Gasteiger partial charge in [-0.05, 0) is 12.5 Å². The molecule has 0 bridgehead atoms. The van der Waals surface area contributed by atoms with Crippen molar-refractivity contribution in [1.82, 2.24) is 0 Å². The molecule has 1 aromatic rings. The Hall–Kier alpha value is -0.430. The third kappa shape index (κ3) is 1.66. The molecule has 0 amide bonds. The number of aryl methyl sites for hydroxylation is 1. The molecule has 2 atom stereocenters. The van der Waals surface area contributed by atoms with Crippen LogP contribution in [-0.4, -0.2) is 6.61 Å². The van der Waals surface area contributed by atoms with Crippen LogP contribution in [0.2, 0.25) is 0 Å². The van der Waals surface area contributed by atoms with E-state index in [1.165, 1.54) is 11.1 Å². The molecule has 0 aliphatic carbocycles. The van der Waals surface area contributed by atoms with Crippen molar-refractivity contribution in [3.63, 3.8) is 0 Å². The van der Waals surface area contributed by atoms with Crippen LogP contribution in [-0.2, 0) is 9.05 Å². The Morgan fingerprint density at radius 2 is 2.42 bits per heavy atom. The largest absolute Gasteiger partial charge is 0.333 e. The van der Waals surface area contributed by atoms with E-state index in [0.717, 1.165) is 0 Å². The summed E-state index contributed by atoms with van der Waals surface area (Å²) < 4.78 is 10.6. The highest BCUT2D eigenvalue weighted by Gasteiger charge is 2.18. The van der Waals surface area contributed by atoms with E-state index in [2.05, 4.69) is 31.2 Å². The monoisotopic (exact) mass is 182 g/mol. The summed E-state index contributed by atoms with van der Waals surface area (Å²) in [5, 5.41) is 0. The molecule has 1 saturated heterocycles. The first kappa shape index (κ1) is 8.18. The van der Waals surface area contributed by atoms with E-state index in [4.69, 9.17) is 9.05 Å². The minimum Gasteiger partial charge on any atom is -0.333 e. The molecular formula is C9H11O2P. The van der Waals surface area contributed by atoms with Gasteiger partial charge in [-0.2, -0.15) is 0 Å². The number of benzene rings is 1. The predicted molar refractivity (Wildman–Crippen MR) is 49.3 cm³/mol. The molecule has 2 unspecified atom stereocenters. The van der Waals surface area contributed by atoms with Gasteiger partial charge in [0.15, 0.2) is 9.03 Å². The zero-order valence-corrected chi connectivity index (χ0v) is 7.91. The van der Waals surface area contributed by atoms with Gasteiger partial charge in [0.05, 0.1) is 6.61 Å². The predicted octanol–water partition coefficient (Wildman–Crippen LogP) is 2.59. The molecular weight excluding hydrogens is 171 g/mol. The standard InChI is InChI=1S/C9H11O2P/c1-7-3-2-4-8(5-7)9-6-10-12-11-9/h2-5,9,12H,6H2,1H3. The van der Waals surface area contributed by atoms with Crippen molar-refractivity contribution in [2.75, 3.05) is 6.61 Å². The smallest absolute Gasteiger partial charge is 0.155 e. The van der Waals surface area contributed by atoms with E-state index >= 15 is 0 Å². The van der Waals surface area contributed by atoms with Crippen molar-refractivity contribution in [2.45, 2.75) is 13.0 Å². The van der Waals surface area contributed by atoms with E-state index in [0.29, 0.717) is 6.61 Å². The van der Waals surface area contributed by atoms with Crippen molar-refractivity contribution >= 4 is 9.03 Å². The van der Waals surface area contributed by atoms with Crippen LogP contribution in [0.1, 0.15) is 17.2 Å². The molecule has 1 heterocycles. The van der Waals surface area contributed by atoms with Gasteiger partial charge in [0, 0.05) is 0 Å². The second-order valence-electron chi connectivity index (χ2n) is 2.91. The van der Waals surface area contributed by atoms with Crippen molar-refractivity contribution in [2.24, 2.45) is 0 Å². The van der Waals surface area contributed by atoms with Crippen LogP contribution >= 0.6 is 9.03 Å². The van der Waals surface area contributed by atoms with E-state index in [9.17, 15) is 0 Å². The molecule has 0 spiro atoms. The average molecular weight is 182 g/mol. The van der Waals surface area contributed by atoms with Gasteiger partial charge in [0.1, 0.15) is 6.10 Å². The molecule has 0 radical (unpaired) electrons. The summed E-state index contributed by atoms with van der Waals surface area (Å²) in [6.07, 6.45) is 0.156. The topological polar surface area (TPSA) is 18.5 Å². The number of hydrogen-bond donors (Lipinski definition) is 0. The molecule has 1 fully saturated rings. The van der Waals surface area contributed by atoms with Gasteiger partial charge in [0.25, 0.3) is 0 Å². The lowest BCUT2D eigenvalue weighted by Crippen LogP contribution is -1.98. The SMILES string of the molecule is Cc1cccc(C2COPO2)c1. The van der Waals surface area contributed by atoms with Gasteiger partial charge in [-0.1, -0.05) is 29.8 Å². The maximum Gasteiger partial charge on any atom is 0.155 e. The fourth-order valence-electron chi connectivity index (χ4n) is 1.27. The Morgan fingerprint density at radius 1 is 1.50 bits per heavy atom. The Labute approximate surface area is 73.8 Å². The first-order chi connectivity index (χ1) is 5.86. The highest BCUT2D eigenvalue weighted by Crippen LogP contribution is 2.35. The summed E-state index contributed by atoms with van der Waals surface area (Å²) in [6.45, 7) is 2.78. The number of rotatable bonds is 1. The van der Waals surface area contributed by atoms with Crippen molar-refractivity contribution < 1.29 is 9.05 Å². The van der Waals surface area contributed by atoms with Crippen LogP contribution in [0.25, 0.3) is 0 Å². The summed E-state index contributed by atoms with van der Waals surface area (Å²) in [5.74, 6) is 0. The molecule has 12 heavy (non-hydrogen) atoms. The van der Waals surface area contributed by atoms with Gasteiger partial charge in [-0.15, -0.1) is 0 Å². The highest BCUT2D eigenvalue weighted by molar-refractivity contribution is 7.26. The third-order valence-corrected chi connectivity index (χ3v) is 2.56. The molecule has 1 aromatic carbocycles. The first-order valence-electron chi connectivity index (χ1n) is 3.95. The Morgan fingerprint density at radius 3 is 3.08 bits per heavy atom. The second kappa shape index (κ2) is 3.53. The van der Waals surface area contributed by atoms with Gasteiger partial charge in [-0.3, -0.25) is 0 Å². The minimum absolute atomic E-state index is 0.156. The average Bonchev–Trinajstić information content (AvgIpc) is 2.56. The van der Waals surface area contributed by atoms with Gasteiger partial charge in [-0.25, -0.2) is 0 Å². The van der Waals surface area contributed by atoms with E-state index < -0.39 is 0 Å². The van der Waals surface area contributed by atoms with E-state index in [1.807, 2.05) is 0 Å². The summed E-state index contributed by atoms with van der Waals surface area (Å²) in [5.41, 5.74) is 2.49. The van der Waals surface area contributed by atoms with Gasteiger partial charge in [0.2, 0.25) is 0 Å². The second-order valence-corrected chi connectivity index (χ2v) is 3.61. The first-order valence-corrected chi connectivity index (χ1v) is 4.77. The zero-order chi connectivity index (χ0) is 8.39. The van der Waals surface area contributed by atoms with Crippen LogP contribution in [0.15, 0.2) is 24.3 Å². The maximum atomic E-state index is 5.40. The molecule has 0 N–H and O–H groups in total. The van der Waals surface area contributed by atoms with Gasteiger partial charge < -0.3 is 9.05 Å². The quantitative estimate of drug-likeness (QED) is 0.621. The number of hydrogen-bond acceptors (Lipinski definition) is 2. The highest BCUT2D eigenvalue weighted by atomic mass is 31.1. The Kier molecular flexibility index (Phi) is 2.40. The van der Waals surface area contributed by atoms with E-state index in [1.54, 1.807) is 0 Å². The van der Waals surface area contributed by atoms with Crippen LogP contribution in [0.3, 0.4) is 0 Å². The normalized spacial score (nSPS) is 24.9. The summed E-state index contributed by atoms with van der Waals surface area (Å²) in [4.78, 5) is 0.